The summed E-state index contributed by atoms with van der Waals surface area (Å²) in [5.41, 5.74) is 0. The van der Waals surface area contributed by atoms with Crippen LogP contribution in [0.25, 0.3) is 0 Å². The van der Waals surface area contributed by atoms with Crippen molar-refractivity contribution in [3.05, 3.63) is 19.5 Å². The average molecular weight is 387 g/mol. The van der Waals surface area contributed by atoms with Crippen molar-refractivity contribution in [2.24, 2.45) is 0 Å². The summed E-state index contributed by atoms with van der Waals surface area (Å²) in [4.78, 5) is 4.30. The monoisotopic (exact) mass is 387 g/mol. The predicted molar refractivity (Wildman–Crippen MR) is 63.3 cm³/mol. The largest absolute Gasteiger partial charge is 0.488 e. The zero-order valence-corrected chi connectivity index (χ0v) is 10.6. The molecule has 0 bridgehead atoms. The van der Waals surface area contributed by atoms with Gasteiger partial charge in [0.05, 0.1) is 6.10 Å². The Labute approximate surface area is 98.4 Å². The van der Waals surface area contributed by atoms with Crippen LogP contribution in [-0.2, 0) is 0 Å². The summed E-state index contributed by atoms with van der Waals surface area (Å²) in [6.07, 6.45) is 2.85. The van der Waals surface area contributed by atoms with Gasteiger partial charge in [-0.25, -0.2) is 4.98 Å². The van der Waals surface area contributed by atoms with E-state index < -0.39 is 0 Å². The Balaban J connectivity index is 2.18. The second-order valence-corrected chi connectivity index (χ2v) is 4.87. The molecular formula is C8H7I2NO. The van der Waals surface area contributed by atoms with Crippen molar-refractivity contribution in [2.75, 3.05) is 0 Å². The van der Waals surface area contributed by atoms with Gasteiger partial charge in [0.25, 0.3) is 0 Å². The zero-order chi connectivity index (χ0) is 8.55. The van der Waals surface area contributed by atoms with Gasteiger partial charge in [-0.2, -0.15) is 0 Å². The van der Waals surface area contributed by atoms with Gasteiger partial charge in [0.2, 0.25) is 0 Å². The maximum atomic E-state index is 5.64. The fraction of sp³-hybridized carbons (Fsp3) is 0.375. The van der Waals surface area contributed by atoms with Gasteiger partial charge in [0.1, 0.15) is 7.40 Å². The molecular weight excluding hydrogens is 380 g/mol. The summed E-state index contributed by atoms with van der Waals surface area (Å²) in [7, 11) is 0. The van der Waals surface area contributed by atoms with Crippen molar-refractivity contribution >= 4 is 45.2 Å². The number of nitrogens with zero attached hydrogens (tertiary/aromatic N) is 1. The van der Waals surface area contributed by atoms with Crippen molar-refractivity contribution in [1.82, 2.24) is 4.98 Å². The first-order valence-electron chi connectivity index (χ1n) is 3.74. The molecule has 0 amide bonds. The van der Waals surface area contributed by atoms with Crippen LogP contribution < -0.4 is 4.74 Å². The third-order valence-electron chi connectivity index (χ3n) is 1.60. The van der Waals surface area contributed by atoms with Crippen molar-refractivity contribution in [3.63, 3.8) is 0 Å². The molecule has 0 spiro atoms. The summed E-state index contributed by atoms with van der Waals surface area (Å²) in [5, 5.41) is 0. The smallest absolute Gasteiger partial charge is 0.151 e. The van der Waals surface area contributed by atoms with E-state index in [0.29, 0.717) is 6.10 Å². The van der Waals surface area contributed by atoms with Crippen LogP contribution in [0.1, 0.15) is 12.8 Å². The Morgan fingerprint density at radius 1 is 1.33 bits per heavy atom. The lowest BCUT2D eigenvalue weighted by molar-refractivity contribution is 0.299. The molecule has 0 aromatic carbocycles. The highest BCUT2D eigenvalue weighted by atomic mass is 127. The van der Waals surface area contributed by atoms with E-state index in [1.807, 2.05) is 12.1 Å². The van der Waals surface area contributed by atoms with Gasteiger partial charge in [-0.3, -0.25) is 0 Å². The van der Waals surface area contributed by atoms with E-state index >= 15 is 0 Å². The highest BCUT2D eigenvalue weighted by Crippen LogP contribution is 2.29. The SMILES string of the molecule is Ic1ccc(OC2CC2)c(I)n1. The minimum Gasteiger partial charge on any atom is -0.488 e. The lowest BCUT2D eigenvalue weighted by Gasteiger charge is -2.05. The number of pyridine rings is 1. The third-order valence-corrected chi connectivity index (χ3v) is 2.97. The molecule has 1 fully saturated rings. The average Bonchev–Trinajstić information content (AvgIpc) is 2.79. The van der Waals surface area contributed by atoms with Gasteiger partial charge in [0.15, 0.2) is 5.75 Å². The first-order valence-corrected chi connectivity index (χ1v) is 5.90. The summed E-state index contributed by atoms with van der Waals surface area (Å²) >= 11 is 4.41. The Hall–Kier alpha value is 0.410. The molecule has 1 aromatic rings. The summed E-state index contributed by atoms with van der Waals surface area (Å²) in [5.74, 6) is 0.929. The van der Waals surface area contributed by atoms with Gasteiger partial charge in [0, 0.05) is 0 Å². The first-order chi connectivity index (χ1) is 5.75. The Morgan fingerprint density at radius 2 is 2.08 bits per heavy atom. The second-order valence-electron chi connectivity index (χ2n) is 2.74. The van der Waals surface area contributed by atoms with Crippen LogP contribution in [0.3, 0.4) is 0 Å². The second kappa shape index (κ2) is 3.65. The minimum absolute atomic E-state index is 0.459. The maximum absolute atomic E-state index is 5.64. The molecule has 0 saturated heterocycles. The van der Waals surface area contributed by atoms with Crippen LogP contribution in [0.5, 0.6) is 5.75 Å². The van der Waals surface area contributed by atoms with Crippen molar-refractivity contribution in [2.45, 2.75) is 18.9 Å². The molecule has 1 aliphatic rings. The number of hydrogen-bond acceptors (Lipinski definition) is 2. The molecule has 1 saturated carbocycles. The van der Waals surface area contributed by atoms with Crippen molar-refractivity contribution in [1.29, 1.82) is 0 Å². The molecule has 1 aromatic heterocycles. The maximum Gasteiger partial charge on any atom is 0.151 e. The highest BCUT2D eigenvalue weighted by molar-refractivity contribution is 14.1. The van der Waals surface area contributed by atoms with Gasteiger partial charge >= 0.3 is 0 Å². The number of aromatic nitrogens is 1. The van der Waals surface area contributed by atoms with Crippen LogP contribution in [0.15, 0.2) is 12.1 Å². The van der Waals surface area contributed by atoms with Crippen LogP contribution >= 0.6 is 45.2 Å². The fourth-order valence-electron chi connectivity index (χ4n) is 0.853. The van der Waals surface area contributed by atoms with E-state index in [0.717, 1.165) is 13.2 Å². The Bertz CT molecular complexity index is 299. The van der Waals surface area contributed by atoms with Crippen LogP contribution in [-0.4, -0.2) is 11.1 Å². The highest BCUT2D eigenvalue weighted by Gasteiger charge is 2.24. The fourth-order valence-corrected chi connectivity index (χ4v) is 2.30. The number of ether oxygens (including phenoxy) is 1. The van der Waals surface area contributed by atoms with Gasteiger partial charge in [-0.1, -0.05) is 0 Å². The van der Waals surface area contributed by atoms with E-state index in [4.69, 9.17) is 4.74 Å². The van der Waals surface area contributed by atoms with Gasteiger partial charge in [-0.15, -0.1) is 0 Å². The van der Waals surface area contributed by atoms with Crippen LogP contribution in [0.2, 0.25) is 0 Å². The molecule has 0 radical (unpaired) electrons. The van der Waals surface area contributed by atoms with Crippen LogP contribution in [0.4, 0.5) is 0 Å². The molecule has 0 aliphatic heterocycles. The van der Waals surface area contributed by atoms with Gasteiger partial charge in [-0.05, 0) is 70.2 Å². The van der Waals surface area contributed by atoms with E-state index in [1.165, 1.54) is 12.8 Å². The summed E-state index contributed by atoms with van der Waals surface area (Å²) in [6.45, 7) is 0. The first kappa shape index (κ1) is 8.98. The van der Waals surface area contributed by atoms with E-state index in [2.05, 4.69) is 50.2 Å². The molecule has 1 heterocycles. The number of rotatable bonds is 2. The number of halogens is 2. The quantitative estimate of drug-likeness (QED) is 0.576. The Morgan fingerprint density at radius 3 is 2.67 bits per heavy atom. The van der Waals surface area contributed by atoms with Gasteiger partial charge < -0.3 is 4.74 Å². The van der Waals surface area contributed by atoms with E-state index in [9.17, 15) is 0 Å². The normalized spacial score (nSPS) is 16.2. The minimum atomic E-state index is 0.459. The molecule has 2 rings (SSSR count). The van der Waals surface area contributed by atoms with Crippen molar-refractivity contribution < 1.29 is 4.74 Å². The Kier molecular flexibility index (Phi) is 2.73. The van der Waals surface area contributed by atoms with Crippen LogP contribution in [0, 0.1) is 7.40 Å². The lowest BCUT2D eigenvalue weighted by atomic mass is 10.5. The lowest BCUT2D eigenvalue weighted by Crippen LogP contribution is -1.99. The standard InChI is InChI=1S/C8H7I2NO/c9-7-4-3-6(8(10)11-7)12-5-1-2-5/h3-5H,1-2H2. The molecule has 12 heavy (non-hydrogen) atoms. The summed E-state index contributed by atoms with van der Waals surface area (Å²) < 4.78 is 7.62. The zero-order valence-electron chi connectivity index (χ0n) is 6.26. The third kappa shape index (κ3) is 2.21. The molecule has 0 N–H and O–H groups in total. The molecule has 64 valence electrons. The molecule has 2 nitrogen and oxygen atoms in total. The molecule has 4 heteroatoms. The summed E-state index contributed by atoms with van der Waals surface area (Å²) in [6, 6.07) is 3.97. The molecule has 0 atom stereocenters. The molecule has 0 unspecified atom stereocenters. The van der Waals surface area contributed by atoms with Crippen molar-refractivity contribution in [3.8, 4) is 5.75 Å². The topological polar surface area (TPSA) is 22.1 Å². The van der Waals surface area contributed by atoms with E-state index in [1.54, 1.807) is 0 Å². The predicted octanol–water partition coefficient (Wildman–Crippen LogP) is 2.83. The molecule has 1 aliphatic carbocycles. The van der Waals surface area contributed by atoms with E-state index in [-0.39, 0.29) is 0 Å². The number of hydrogen-bond donors (Lipinski definition) is 0.